The predicted octanol–water partition coefficient (Wildman–Crippen LogP) is 3.11. The second-order valence-electron chi connectivity index (χ2n) is 4.42. The number of esters is 1. The van der Waals surface area contributed by atoms with Crippen LogP contribution in [0, 0.1) is 0 Å². The second-order valence-corrected chi connectivity index (χ2v) is 4.86. The lowest BCUT2D eigenvalue weighted by Gasteiger charge is -2.12. The number of nitrogens with zero attached hydrogens (tertiary/aromatic N) is 1. The van der Waals surface area contributed by atoms with Gasteiger partial charge in [-0.2, -0.15) is 0 Å². The van der Waals surface area contributed by atoms with Crippen molar-refractivity contribution in [1.29, 1.82) is 0 Å². The normalized spacial score (nSPS) is 11.9. The smallest absolute Gasteiger partial charge is 0.355 e. The Hall–Kier alpha value is -2.07. The SMILES string of the molecule is CC(OC(=O)c1cccn1C)C(=O)c1ccc(Cl)cc1. The van der Waals surface area contributed by atoms with E-state index in [1.54, 1.807) is 61.1 Å². The number of Topliss-reactive ketones (excluding diaryl/α,β-unsaturated/α-hetero) is 1. The Bertz CT molecular complexity index is 631. The number of ketones is 1. The van der Waals surface area contributed by atoms with Crippen molar-refractivity contribution in [1.82, 2.24) is 4.57 Å². The van der Waals surface area contributed by atoms with Gasteiger partial charge in [0.25, 0.3) is 0 Å². The summed E-state index contributed by atoms with van der Waals surface area (Å²) in [5.41, 5.74) is 0.863. The number of rotatable bonds is 4. The van der Waals surface area contributed by atoms with E-state index < -0.39 is 12.1 Å². The van der Waals surface area contributed by atoms with E-state index in [0.29, 0.717) is 16.3 Å². The van der Waals surface area contributed by atoms with Gasteiger partial charge in [0.2, 0.25) is 5.78 Å². The molecule has 1 atom stereocenters. The molecule has 0 N–H and O–H groups in total. The summed E-state index contributed by atoms with van der Waals surface area (Å²) in [6.45, 7) is 1.55. The Labute approximate surface area is 121 Å². The minimum absolute atomic E-state index is 0.260. The fourth-order valence-electron chi connectivity index (χ4n) is 1.80. The lowest BCUT2D eigenvalue weighted by atomic mass is 10.1. The molecule has 0 saturated heterocycles. The summed E-state index contributed by atoms with van der Waals surface area (Å²) >= 11 is 5.77. The van der Waals surface area contributed by atoms with Crippen LogP contribution >= 0.6 is 11.6 Å². The van der Waals surface area contributed by atoms with Crippen molar-refractivity contribution in [2.75, 3.05) is 0 Å². The standard InChI is InChI=1S/C15H14ClNO3/c1-10(14(18)11-5-7-12(16)8-6-11)20-15(19)13-4-3-9-17(13)2/h3-10H,1-2H3. The van der Waals surface area contributed by atoms with Crippen LogP contribution in [0.5, 0.6) is 0 Å². The molecule has 20 heavy (non-hydrogen) atoms. The topological polar surface area (TPSA) is 48.3 Å². The van der Waals surface area contributed by atoms with Crippen LogP contribution in [0.15, 0.2) is 42.6 Å². The Morgan fingerprint density at radius 2 is 1.85 bits per heavy atom. The Morgan fingerprint density at radius 3 is 2.40 bits per heavy atom. The van der Waals surface area contributed by atoms with Gasteiger partial charge in [-0.1, -0.05) is 11.6 Å². The Kier molecular flexibility index (Phi) is 4.25. The first kappa shape index (κ1) is 14.3. The Morgan fingerprint density at radius 1 is 1.20 bits per heavy atom. The van der Waals surface area contributed by atoms with Crippen molar-refractivity contribution >= 4 is 23.4 Å². The molecule has 104 valence electrons. The average molecular weight is 292 g/mol. The van der Waals surface area contributed by atoms with Crippen LogP contribution in [-0.2, 0) is 11.8 Å². The fraction of sp³-hybridized carbons (Fsp3) is 0.200. The molecule has 4 nitrogen and oxygen atoms in total. The van der Waals surface area contributed by atoms with Crippen LogP contribution in [0.25, 0.3) is 0 Å². The maximum Gasteiger partial charge on any atom is 0.355 e. The monoisotopic (exact) mass is 291 g/mol. The van der Waals surface area contributed by atoms with E-state index in [1.807, 2.05) is 0 Å². The van der Waals surface area contributed by atoms with Crippen LogP contribution in [-0.4, -0.2) is 22.4 Å². The van der Waals surface area contributed by atoms with Gasteiger partial charge in [-0.25, -0.2) is 4.79 Å². The molecule has 0 bridgehead atoms. The van der Waals surface area contributed by atoms with Crippen LogP contribution in [0.4, 0.5) is 0 Å². The largest absolute Gasteiger partial charge is 0.450 e. The maximum atomic E-state index is 12.1. The molecular formula is C15H14ClNO3. The number of ether oxygens (including phenoxy) is 1. The molecular weight excluding hydrogens is 278 g/mol. The highest BCUT2D eigenvalue weighted by molar-refractivity contribution is 6.30. The molecule has 1 aromatic heterocycles. The highest BCUT2D eigenvalue weighted by Gasteiger charge is 2.21. The summed E-state index contributed by atoms with van der Waals surface area (Å²) in [5, 5.41) is 0.551. The number of hydrogen-bond acceptors (Lipinski definition) is 3. The van der Waals surface area contributed by atoms with Gasteiger partial charge in [-0.05, 0) is 43.3 Å². The molecule has 0 aliphatic carbocycles. The molecule has 0 fully saturated rings. The molecule has 0 radical (unpaired) electrons. The lowest BCUT2D eigenvalue weighted by molar-refractivity contribution is 0.0309. The van der Waals surface area contributed by atoms with Gasteiger partial charge in [-0.3, -0.25) is 4.79 Å². The second kappa shape index (κ2) is 5.92. The molecule has 5 heteroatoms. The van der Waals surface area contributed by atoms with Crippen molar-refractivity contribution in [3.05, 3.63) is 58.9 Å². The first-order chi connectivity index (χ1) is 9.49. The molecule has 1 heterocycles. The quantitative estimate of drug-likeness (QED) is 0.642. The summed E-state index contributed by atoms with van der Waals surface area (Å²) in [6, 6.07) is 9.85. The molecule has 1 aromatic carbocycles. The summed E-state index contributed by atoms with van der Waals surface area (Å²) in [6.07, 6.45) is 0.890. The molecule has 0 saturated carbocycles. The number of aryl methyl sites for hydroxylation is 1. The zero-order chi connectivity index (χ0) is 14.7. The van der Waals surface area contributed by atoms with Gasteiger partial charge in [-0.15, -0.1) is 0 Å². The van der Waals surface area contributed by atoms with Gasteiger partial charge < -0.3 is 9.30 Å². The zero-order valence-electron chi connectivity index (χ0n) is 11.2. The van der Waals surface area contributed by atoms with Gasteiger partial charge in [0, 0.05) is 23.8 Å². The number of carbonyl (C=O) groups is 2. The van der Waals surface area contributed by atoms with Gasteiger partial charge >= 0.3 is 5.97 Å². The van der Waals surface area contributed by atoms with Gasteiger partial charge in [0.15, 0.2) is 6.10 Å². The van der Waals surface area contributed by atoms with E-state index in [-0.39, 0.29) is 5.78 Å². The zero-order valence-corrected chi connectivity index (χ0v) is 11.9. The summed E-state index contributed by atoms with van der Waals surface area (Å²) < 4.78 is 6.82. The third-order valence-electron chi connectivity index (χ3n) is 2.93. The van der Waals surface area contributed by atoms with E-state index in [9.17, 15) is 9.59 Å². The number of halogens is 1. The first-order valence-corrected chi connectivity index (χ1v) is 6.49. The van der Waals surface area contributed by atoms with Crippen molar-refractivity contribution in [3.8, 4) is 0 Å². The van der Waals surface area contributed by atoms with E-state index in [2.05, 4.69) is 0 Å². The number of benzene rings is 1. The summed E-state index contributed by atoms with van der Waals surface area (Å²) in [5.74, 6) is -0.781. The molecule has 1 unspecified atom stereocenters. The third kappa shape index (κ3) is 3.08. The fourth-order valence-corrected chi connectivity index (χ4v) is 1.92. The maximum absolute atomic E-state index is 12.1. The molecule has 0 aliphatic rings. The van der Waals surface area contributed by atoms with Crippen molar-refractivity contribution in [2.45, 2.75) is 13.0 Å². The van der Waals surface area contributed by atoms with Gasteiger partial charge in [0.1, 0.15) is 5.69 Å². The minimum atomic E-state index is -0.849. The molecule has 0 aliphatic heterocycles. The van der Waals surface area contributed by atoms with E-state index in [0.717, 1.165) is 0 Å². The van der Waals surface area contributed by atoms with Crippen LogP contribution in [0.2, 0.25) is 5.02 Å². The lowest BCUT2D eigenvalue weighted by Crippen LogP contribution is -2.25. The molecule has 0 spiro atoms. The molecule has 2 rings (SSSR count). The summed E-state index contributed by atoms with van der Waals surface area (Å²) in [4.78, 5) is 24.0. The minimum Gasteiger partial charge on any atom is -0.450 e. The number of hydrogen-bond donors (Lipinski definition) is 0. The summed E-state index contributed by atoms with van der Waals surface area (Å²) in [7, 11) is 1.74. The van der Waals surface area contributed by atoms with Crippen LogP contribution in [0.3, 0.4) is 0 Å². The van der Waals surface area contributed by atoms with E-state index in [1.165, 1.54) is 0 Å². The Balaban J connectivity index is 2.06. The highest BCUT2D eigenvalue weighted by Crippen LogP contribution is 2.13. The van der Waals surface area contributed by atoms with Gasteiger partial charge in [0.05, 0.1) is 0 Å². The van der Waals surface area contributed by atoms with E-state index >= 15 is 0 Å². The number of aromatic nitrogens is 1. The average Bonchev–Trinajstić information content (AvgIpc) is 2.85. The molecule has 2 aromatic rings. The predicted molar refractivity (Wildman–Crippen MR) is 76.1 cm³/mol. The highest BCUT2D eigenvalue weighted by atomic mass is 35.5. The van der Waals surface area contributed by atoms with Crippen molar-refractivity contribution in [3.63, 3.8) is 0 Å². The van der Waals surface area contributed by atoms with Crippen molar-refractivity contribution in [2.24, 2.45) is 7.05 Å². The van der Waals surface area contributed by atoms with Crippen LogP contribution in [0.1, 0.15) is 27.8 Å². The van der Waals surface area contributed by atoms with Crippen LogP contribution < -0.4 is 0 Å². The first-order valence-electron chi connectivity index (χ1n) is 6.11. The number of carbonyl (C=O) groups excluding carboxylic acids is 2. The van der Waals surface area contributed by atoms with E-state index in [4.69, 9.17) is 16.3 Å². The van der Waals surface area contributed by atoms with Crippen molar-refractivity contribution < 1.29 is 14.3 Å². The third-order valence-corrected chi connectivity index (χ3v) is 3.19. The molecule has 0 amide bonds.